The zero-order valence-corrected chi connectivity index (χ0v) is 12.9. The second-order valence-corrected chi connectivity index (χ2v) is 6.81. The molecule has 0 spiro atoms. The molecule has 1 unspecified atom stereocenters. The number of fused-ring (bicyclic) bond motifs is 4. The second-order valence-electron chi connectivity index (χ2n) is 6.81. The predicted molar refractivity (Wildman–Crippen MR) is 83.5 cm³/mol. The molecular formula is C17H26N2O. The lowest BCUT2D eigenvalue weighted by molar-refractivity contribution is 0.192. The van der Waals surface area contributed by atoms with Crippen molar-refractivity contribution in [2.24, 2.45) is 11.3 Å². The molecule has 3 fully saturated rings. The van der Waals surface area contributed by atoms with Gasteiger partial charge < -0.3 is 15.0 Å². The van der Waals surface area contributed by atoms with Crippen LogP contribution >= 0.6 is 0 Å². The number of piperidine rings is 1. The van der Waals surface area contributed by atoms with Gasteiger partial charge in [0.05, 0.1) is 6.61 Å². The first kappa shape index (κ1) is 13.7. The molecule has 0 aliphatic carbocycles. The predicted octanol–water partition coefficient (Wildman–Crippen LogP) is 2.91. The molecular weight excluding hydrogens is 248 g/mol. The number of nitrogens with one attached hydrogen (secondary N) is 1. The van der Waals surface area contributed by atoms with Gasteiger partial charge in [0.2, 0.25) is 0 Å². The van der Waals surface area contributed by atoms with Crippen molar-refractivity contribution in [3.63, 3.8) is 0 Å². The summed E-state index contributed by atoms with van der Waals surface area (Å²) >= 11 is 0. The number of hydrogen-bond acceptors (Lipinski definition) is 3. The SMILES string of the molecule is CCOc1ccc(N2C[C@H]3CNCC2C(C)(C)C3)cc1. The number of rotatable bonds is 3. The van der Waals surface area contributed by atoms with Crippen LogP contribution in [0.1, 0.15) is 27.2 Å². The highest BCUT2D eigenvalue weighted by Gasteiger charge is 2.43. The van der Waals surface area contributed by atoms with Gasteiger partial charge in [-0.2, -0.15) is 0 Å². The molecule has 3 saturated heterocycles. The van der Waals surface area contributed by atoms with Crippen LogP contribution in [0, 0.1) is 11.3 Å². The van der Waals surface area contributed by atoms with Gasteiger partial charge in [0.25, 0.3) is 0 Å². The topological polar surface area (TPSA) is 24.5 Å². The Bertz CT molecular complexity index is 455. The lowest BCUT2D eigenvalue weighted by atomic mass is 9.73. The Balaban J connectivity index is 1.85. The molecule has 0 saturated carbocycles. The van der Waals surface area contributed by atoms with Crippen molar-refractivity contribution in [3.05, 3.63) is 24.3 Å². The summed E-state index contributed by atoms with van der Waals surface area (Å²) in [6.07, 6.45) is 1.33. The number of nitrogens with zero attached hydrogens (tertiary/aromatic N) is 1. The first-order valence-corrected chi connectivity index (χ1v) is 7.80. The maximum Gasteiger partial charge on any atom is 0.119 e. The minimum Gasteiger partial charge on any atom is -0.494 e. The molecule has 3 heterocycles. The van der Waals surface area contributed by atoms with Crippen molar-refractivity contribution in [1.29, 1.82) is 0 Å². The summed E-state index contributed by atoms with van der Waals surface area (Å²) < 4.78 is 5.54. The number of anilines is 1. The Hall–Kier alpha value is -1.22. The maximum atomic E-state index is 5.54. The van der Waals surface area contributed by atoms with E-state index < -0.39 is 0 Å². The third kappa shape index (κ3) is 2.51. The van der Waals surface area contributed by atoms with Gasteiger partial charge in [-0.1, -0.05) is 13.8 Å². The standard InChI is InChI=1S/C17H26N2O/c1-4-20-15-7-5-14(6-8-15)19-12-13-9-17(2,3)16(19)11-18-10-13/h5-8,13,16,18H,4,9-12H2,1-3H3/t13-,16?/m1/s1. The third-order valence-electron chi connectivity index (χ3n) is 4.80. The highest BCUT2D eigenvalue weighted by atomic mass is 16.5. The Morgan fingerprint density at radius 1 is 1.25 bits per heavy atom. The highest BCUT2D eigenvalue weighted by molar-refractivity contribution is 5.51. The Kier molecular flexibility index (Phi) is 3.63. The van der Waals surface area contributed by atoms with Crippen molar-refractivity contribution < 1.29 is 4.74 Å². The Morgan fingerprint density at radius 2 is 2.00 bits per heavy atom. The monoisotopic (exact) mass is 274 g/mol. The largest absolute Gasteiger partial charge is 0.494 e. The molecule has 3 nitrogen and oxygen atoms in total. The first-order valence-electron chi connectivity index (χ1n) is 7.80. The minimum atomic E-state index is 0.380. The van der Waals surface area contributed by atoms with E-state index in [0.29, 0.717) is 11.5 Å². The molecule has 2 atom stereocenters. The quantitative estimate of drug-likeness (QED) is 0.917. The summed E-state index contributed by atoms with van der Waals surface area (Å²) in [5, 5.41) is 3.63. The van der Waals surface area contributed by atoms with Gasteiger partial charge in [-0.3, -0.25) is 0 Å². The van der Waals surface area contributed by atoms with E-state index in [1.165, 1.54) is 18.7 Å². The Morgan fingerprint density at radius 3 is 2.70 bits per heavy atom. The van der Waals surface area contributed by atoms with Crippen molar-refractivity contribution in [3.8, 4) is 5.75 Å². The van der Waals surface area contributed by atoms with E-state index in [-0.39, 0.29) is 0 Å². The zero-order valence-electron chi connectivity index (χ0n) is 12.9. The average molecular weight is 274 g/mol. The number of hydrogen-bond donors (Lipinski definition) is 1. The minimum absolute atomic E-state index is 0.380. The van der Waals surface area contributed by atoms with Crippen LogP contribution in [0.15, 0.2) is 24.3 Å². The second kappa shape index (κ2) is 5.28. The van der Waals surface area contributed by atoms with E-state index in [2.05, 4.69) is 48.3 Å². The molecule has 3 aliphatic heterocycles. The van der Waals surface area contributed by atoms with Crippen molar-refractivity contribution in [1.82, 2.24) is 5.32 Å². The smallest absolute Gasteiger partial charge is 0.119 e. The average Bonchev–Trinajstić information content (AvgIpc) is 2.70. The molecule has 1 N–H and O–H groups in total. The molecule has 110 valence electrons. The van der Waals surface area contributed by atoms with E-state index in [1.54, 1.807) is 0 Å². The van der Waals surface area contributed by atoms with Gasteiger partial charge in [-0.05, 0) is 55.5 Å². The lowest BCUT2D eigenvalue weighted by Gasteiger charge is -2.48. The summed E-state index contributed by atoms with van der Waals surface area (Å²) in [6.45, 7) is 11.0. The van der Waals surface area contributed by atoms with E-state index >= 15 is 0 Å². The van der Waals surface area contributed by atoms with E-state index in [0.717, 1.165) is 31.4 Å². The maximum absolute atomic E-state index is 5.54. The van der Waals surface area contributed by atoms with Gasteiger partial charge >= 0.3 is 0 Å². The number of benzene rings is 1. The van der Waals surface area contributed by atoms with Crippen molar-refractivity contribution in [2.75, 3.05) is 31.1 Å². The fraction of sp³-hybridized carbons (Fsp3) is 0.647. The molecule has 3 heteroatoms. The third-order valence-corrected chi connectivity index (χ3v) is 4.80. The summed E-state index contributed by atoms with van der Waals surface area (Å²) in [7, 11) is 0. The molecule has 4 rings (SSSR count). The molecule has 0 aromatic heterocycles. The van der Waals surface area contributed by atoms with Crippen LogP contribution in [0.5, 0.6) is 5.75 Å². The molecule has 2 bridgehead atoms. The normalized spacial score (nSPS) is 28.2. The van der Waals surface area contributed by atoms with Crippen LogP contribution in [-0.2, 0) is 0 Å². The van der Waals surface area contributed by atoms with Gasteiger partial charge in [-0.25, -0.2) is 0 Å². The summed E-state index contributed by atoms with van der Waals surface area (Å²) in [4.78, 5) is 2.60. The zero-order chi connectivity index (χ0) is 14.2. The fourth-order valence-electron chi connectivity index (χ4n) is 3.91. The van der Waals surface area contributed by atoms with Crippen LogP contribution in [0.3, 0.4) is 0 Å². The van der Waals surface area contributed by atoms with Crippen LogP contribution in [0.2, 0.25) is 0 Å². The van der Waals surface area contributed by atoms with E-state index in [4.69, 9.17) is 4.74 Å². The van der Waals surface area contributed by atoms with Gasteiger partial charge in [0.1, 0.15) is 5.75 Å². The fourth-order valence-corrected chi connectivity index (χ4v) is 3.91. The molecule has 0 amide bonds. The molecule has 3 aliphatic rings. The molecule has 1 aromatic carbocycles. The van der Waals surface area contributed by atoms with Crippen LogP contribution in [-0.4, -0.2) is 32.3 Å². The Labute approximate surface area is 122 Å². The number of ether oxygens (including phenoxy) is 1. The van der Waals surface area contributed by atoms with E-state index in [1.807, 2.05) is 6.92 Å². The molecule has 20 heavy (non-hydrogen) atoms. The summed E-state index contributed by atoms with van der Waals surface area (Å²) in [5.41, 5.74) is 1.71. The first-order chi connectivity index (χ1) is 9.60. The van der Waals surface area contributed by atoms with E-state index in [9.17, 15) is 0 Å². The molecule has 0 radical (unpaired) electrons. The lowest BCUT2D eigenvalue weighted by Crippen LogP contribution is -2.53. The van der Waals surface area contributed by atoms with Crippen LogP contribution in [0.25, 0.3) is 0 Å². The summed E-state index contributed by atoms with van der Waals surface area (Å²) in [5.74, 6) is 1.73. The van der Waals surface area contributed by atoms with Crippen molar-refractivity contribution >= 4 is 5.69 Å². The van der Waals surface area contributed by atoms with Crippen LogP contribution < -0.4 is 15.0 Å². The molecule has 1 aromatic rings. The summed E-state index contributed by atoms with van der Waals surface area (Å²) in [6, 6.07) is 9.19. The van der Waals surface area contributed by atoms with Gasteiger partial charge in [-0.15, -0.1) is 0 Å². The van der Waals surface area contributed by atoms with Crippen molar-refractivity contribution in [2.45, 2.75) is 33.2 Å². The highest BCUT2D eigenvalue weighted by Crippen LogP contribution is 2.41. The van der Waals surface area contributed by atoms with Gasteiger partial charge in [0.15, 0.2) is 0 Å². The van der Waals surface area contributed by atoms with Crippen LogP contribution in [0.4, 0.5) is 5.69 Å². The van der Waals surface area contributed by atoms with Gasteiger partial charge in [0, 0.05) is 24.8 Å².